The average Bonchev–Trinajstić information content (AvgIpc) is 3.01. The van der Waals surface area contributed by atoms with Crippen LogP contribution in [0.15, 0.2) is 65.3 Å². The predicted octanol–water partition coefficient (Wildman–Crippen LogP) is 4.60. The second-order valence-corrected chi connectivity index (χ2v) is 5.80. The van der Waals surface area contributed by atoms with Crippen LogP contribution in [0.25, 0.3) is 6.08 Å². The smallest absolute Gasteiger partial charge is 0.363 e. The molecule has 0 saturated heterocycles. The number of carbonyl (C=O) groups is 1. The van der Waals surface area contributed by atoms with Gasteiger partial charge in [0.1, 0.15) is 5.75 Å². The molecule has 3 rings (SSSR count). The van der Waals surface area contributed by atoms with Gasteiger partial charge >= 0.3 is 5.97 Å². The largest absolute Gasteiger partial charge is 0.493 e. The highest BCUT2D eigenvalue weighted by Crippen LogP contribution is 2.25. The number of benzene rings is 2. The van der Waals surface area contributed by atoms with Crippen LogP contribution < -0.4 is 4.74 Å². The second kappa shape index (κ2) is 8.29. The Morgan fingerprint density at radius 1 is 1.04 bits per heavy atom. The van der Waals surface area contributed by atoms with E-state index >= 15 is 0 Å². The Morgan fingerprint density at radius 2 is 1.80 bits per heavy atom. The van der Waals surface area contributed by atoms with Gasteiger partial charge in [-0.25, -0.2) is 9.79 Å². The van der Waals surface area contributed by atoms with Crippen molar-refractivity contribution in [3.63, 3.8) is 0 Å². The lowest BCUT2D eigenvalue weighted by Gasteiger charge is -2.08. The molecular weight excluding hydrogens is 314 g/mol. The summed E-state index contributed by atoms with van der Waals surface area (Å²) in [7, 11) is 0. The normalized spacial score (nSPS) is 15.2. The van der Waals surface area contributed by atoms with Crippen LogP contribution in [0.3, 0.4) is 0 Å². The third kappa shape index (κ3) is 4.35. The van der Waals surface area contributed by atoms with Gasteiger partial charge in [-0.05, 0) is 30.7 Å². The molecular formula is C21H21NO3. The molecule has 128 valence electrons. The van der Waals surface area contributed by atoms with E-state index in [1.165, 1.54) is 0 Å². The zero-order valence-corrected chi connectivity index (χ0v) is 14.3. The van der Waals surface area contributed by atoms with Gasteiger partial charge in [0.05, 0.1) is 6.61 Å². The number of nitrogens with zero attached hydrogens (tertiary/aromatic N) is 1. The highest BCUT2D eigenvalue weighted by atomic mass is 16.6. The van der Waals surface area contributed by atoms with Gasteiger partial charge in [0.2, 0.25) is 5.90 Å². The third-order valence-electron chi connectivity index (χ3n) is 3.86. The summed E-state index contributed by atoms with van der Waals surface area (Å²) in [5, 5.41) is 0. The quantitative estimate of drug-likeness (QED) is 0.422. The molecule has 1 heterocycles. The van der Waals surface area contributed by atoms with Crippen molar-refractivity contribution in [2.24, 2.45) is 4.99 Å². The monoisotopic (exact) mass is 335 g/mol. The van der Waals surface area contributed by atoms with Gasteiger partial charge in [-0.15, -0.1) is 0 Å². The lowest BCUT2D eigenvalue weighted by atomic mass is 10.1. The fourth-order valence-electron chi connectivity index (χ4n) is 2.53. The van der Waals surface area contributed by atoms with E-state index in [1.807, 2.05) is 54.6 Å². The standard InChI is InChI=1S/C21H21NO3/c1-2-3-9-14-24-19-13-8-7-12-17(19)15-18-21(23)25-20(22-18)16-10-5-4-6-11-16/h4-8,10-13,15H,2-3,9,14H2,1H3/b18-15-. The van der Waals surface area contributed by atoms with Gasteiger partial charge in [0.25, 0.3) is 0 Å². The van der Waals surface area contributed by atoms with Crippen LogP contribution in [0, 0.1) is 0 Å². The van der Waals surface area contributed by atoms with E-state index in [0.29, 0.717) is 12.5 Å². The SMILES string of the molecule is CCCCCOc1ccccc1/C=C1\N=C(c2ccccc2)OC1=O. The summed E-state index contributed by atoms with van der Waals surface area (Å²) in [6.07, 6.45) is 5.02. The van der Waals surface area contributed by atoms with Crippen molar-refractivity contribution >= 4 is 17.9 Å². The van der Waals surface area contributed by atoms with Gasteiger partial charge in [0.15, 0.2) is 5.70 Å². The molecule has 4 nitrogen and oxygen atoms in total. The fraction of sp³-hybridized carbons (Fsp3) is 0.238. The second-order valence-electron chi connectivity index (χ2n) is 5.80. The molecule has 0 aromatic heterocycles. The molecule has 0 N–H and O–H groups in total. The Kier molecular flexibility index (Phi) is 5.62. The summed E-state index contributed by atoms with van der Waals surface area (Å²) in [6.45, 7) is 2.82. The number of esters is 1. The van der Waals surface area contributed by atoms with Gasteiger partial charge in [-0.1, -0.05) is 56.2 Å². The van der Waals surface area contributed by atoms with Crippen LogP contribution in [-0.4, -0.2) is 18.5 Å². The predicted molar refractivity (Wildman–Crippen MR) is 98.5 cm³/mol. The van der Waals surface area contributed by atoms with Crippen molar-refractivity contribution in [3.8, 4) is 5.75 Å². The van der Waals surface area contributed by atoms with Crippen molar-refractivity contribution in [1.29, 1.82) is 0 Å². The molecule has 0 radical (unpaired) electrons. The Labute approximate surface area is 147 Å². The van der Waals surface area contributed by atoms with Crippen LogP contribution in [0.2, 0.25) is 0 Å². The zero-order valence-electron chi connectivity index (χ0n) is 14.3. The van der Waals surface area contributed by atoms with Crippen molar-refractivity contribution in [3.05, 3.63) is 71.4 Å². The van der Waals surface area contributed by atoms with Crippen molar-refractivity contribution < 1.29 is 14.3 Å². The molecule has 0 aliphatic carbocycles. The van der Waals surface area contributed by atoms with Crippen LogP contribution in [0.4, 0.5) is 0 Å². The molecule has 0 spiro atoms. The molecule has 0 unspecified atom stereocenters. The molecule has 0 atom stereocenters. The number of aliphatic imine (C=N–C) groups is 1. The average molecular weight is 335 g/mol. The maximum Gasteiger partial charge on any atom is 0.363 e. The molecule has 2 aromatic carbocycles. The number of ether oxygens (including phenoxy) is 2. The van der Waals surface area contributed by atoms with Crippen molar-refractivity contribution in [1.82, 2.24) is 0 Å². The van der Waals surface area contributed by atoms with E-state index in [0.717, 1.165) is 36.1 Å². The number of rotatable bonds is 7. The Bertz CT molecular complexity index is 794. The Hall–Kier alpha value is -2.88. The van der Waals surface area contributed by atoms with E-state index in [4.69, 9.17) is 9.47 Å². The number of cyclic esters (lactones) is 1. The maximum atomic E-state index is 12.1. The molecule has 1 aliphatic rings. The summed E-state index contributed by atoms with van der Waals surface area (Å²) in [6, 6.07) is 17.0. The fourth-order valence-corrected chi connectivity index (χ4v) is 2.53. The summed E-state index contributed by atoms with van der Waals surface area (Å²) in [5.41, 5.74) is 1.89. The van der Waals surface area contributed by atoms with Crippen LogP contribution >= 0.6 is 0 Å². The first kappa shape index (κ1) is 17.0. The van der Waals surface area contributed by atoms with E-state index in [9.17, 15) is 4.79 Å². The van der Waals surface area contributed by atoms with Crippen molar-refractivity contribution in [2.75, 3.05) is 6.61 Å². The molecule has 0 amide bonds. The summed E-state index contributed by atoms with van der Waals surface area (Å²) < 4.78 is 11.1. The summed E-state index contributed by atoms with van der Waals surface area (Å²) >= 11 is 0. The lowest BCUT2D eigenvalue weighted by Crippen LogP contribution is -2.05. The molecule has 25 heavy (non-hydrogen) atoms. The number of hydrogen-bond acceptors (Lipinski definition) is 4. The highest BCUT2D eigenvalue weighted by molar-refractivity contribution is 6.12. The van der Waals surface area contributed by atoms with Gasteiger partial charge in [0, 0.05) is 11.1 Å². The maximum absolute atomic E-state index is 12.1. The number of hydrogen-bond donors (Lipinski definition) is 0. The van der Waals surface area contributed by atoms with Crippen LogP contribution in [0.5, 0.6) is 5.75 Å². The first-order chi connectivity index (χ1) is 12.3. The third-order valence-corrected chi connectivity index (χ3v) is 3.86. The van der Waals surface area contributed by atoms with Crippen LogP contribution in [0.1, 0.15) is 37.3 Å². The molecule has 2 aromatic rings. The van der Waals surface area contributed by atoms with Gasteiger partial charge in [-0.3, -0.25) is 0 Å². The number of unbranched alkanes of at least 4 members (excludes halogenated alkanes) is 2. The minimum Gasteiger partial charge on any atom is -0.493 e. The number of para-hydroxylation sites is 1. The first-order valence-corrected chi connectivity index (χ1v) is 8.57. The van der Waals surface area contributed by atoms with Crippen molar-refractivity contribution in [2.45, 2.75) is 26.2 Å². The van der Waals surface area contributed by atoms with E-state index in [2.05, 4.69) is 11.9 Å². The Morgan fingerprint density at radius 3 is 2.60 bits per heavy atom. The lowest BCUT2D eigenvalue weighted by molar-refractivity contribution is -0.129. The van der Waals surface area contributed by atoms with E-state index in [-0.39, 0.29) is 5.70 Å². The molecule has 0 bridgehead atoms. The zero-order chi connectivity index (χ0) is 17.5. The Balaban J connectivity index is 1.80. The van der Waals surface area contributed by atoms with Gasteiger partial charge in [-0.2, -0.15) is 0 Å². The topological polar surface area (TPSA) is 47.9 Å². The van der Waals surface area contributed by atoms with E-state index in [1.54, 1.807) is 6.08 Å². The first-order valence-electron chi connectivity index (χ1n) is 8.57. The molecule has 4 heteroatoms. The highest BCUT2D eigenvalue weighted by Gasteiger charge is 2.24. The molecule has 0 fully saturated rings. The molecule has 0 saturated carbocycles. The minimum atomic E-state index is -0.445. The molecule has 1 aliphatic heterocycles. The van der Waals surface area contributed by atoms with E-state index < -0.39 is 5.97 Å². The number of carbonyl (C=O) groups excluding carboxylic acids is 1. The minimum absolute atomic E-state index is 0.281. The van der Waals surface area contributed by atoms with Crippen LogP contribution in [-0.2, 0) is 9.53 Å². The van der Waals surface area contributed by atoms with Gasteiger partial charge < -0.3 is 9.47 Å². The summed E-state index contributed by atoms with van der Waals surface area (Å²) in [5.74, 6) is 0.639. The summed E-state index contributed by atoms with van der Waals surface area (Å²) in [4.78, 5) is 16.5.